The lowest BCUT2D eigenvalue weighted by molar-refractivity contribution is -0.119. The molecular weight excluding hydrogens is 414 g/mol. The highest BCUT2D eigenvalue weighted by molar-refractivity contribution is 5.97. The van der Waals surface area contributed by atoms with Gasteiger partial charge in [0.15, 0.2) is 5.65 Å². The van der Waals surface area contributed by atoms with Gasteiger partial charge in [0.2, 0.25) is 5.91 Å². The lowest BCUT2D eigenvalue weighted by atomic mass is 10.0. The zero-order valence-electron chi connectivity index (χ0n) is 17.8. The molecule has 4 heterocycles. The van der Waals surface area contributed by atoms with Gasteiger partial charge in [-0.2, -0.15) is 5.10 Å². The molecule has 1 amide bonds. The minimum atomic E-state index is -2.92. The Bertz CT molecular complexity index is 1350. The molecule has 164 valence electrons. The summed E-state index contributed by atoms with van der Waals surface area (Å²) in [5.41, 5.74) is 5.30. The second kappa shape index (κ2) is 7.58. The summed E-state index contributed by atoms with van der Waals surface area (Å²) >= 11 is 0. The first kappa shape index (κ1) is 20.4. The van der Waals surface area contributed by atoms with Crippen LogP contribution in [0.25, 0.3) is 27.7 Å². The fourth-order valence-electron chi connectivity index (χ4n) is 3.94. The lowest BCUT2D eigenvalue weighted by Crippen LogP contribution is -2.18. The molecular formula is C23H22F2N6O. The van der Waals surface area contributed by atoms with Crippen LogP contribution < -0.4 is 5.32 Å². The van der Waals surface area contributed by atoms with E-state index in [1.54, 1.807) is 16.8 Å². The number of unbranched alkanes of at least 4 members (excludes halogenated alkanes) is 1. The number of hydrogen-bond donors (Lipinski definition) is 1. The Kier molecular flexibility index (Phi) is 4.83. The van der Waals surface area contributed by atoms with Crippen LogP contribution >= 0.6 is 0 Å². The molecule has 9 heteroatoms. The van der Waals surface area contributed by atoms with Crippen LogP contribution in [0.4, 0.5) is 14.6 Å². The molecule has 1 aliphatic rings. The average molecular weight is 436 g/mol. The van der Waals surface area contributed by atoms with Crippen molar-refractivity contribution in [1.82, 2.24) is 24.6 Å². The Labute approximate surface area is 182 Å². The molecule has 4 aromatic heterocycles. The summed E-state index contributed by atoms with van der Waals surface area (Å²) in [7, 11) is 0. The summed E-state index contributed by atoms with van der Waals surface area (Å²) in [5, 5.41) is 7.60. The second-order valence-corrected chi connectivity index (χ2v) is 8.28. The van der Waals surface area contributed by atoms with Gasteiger partial charge in [-0.3, -0.25) is 9.78 Å². The number of nitrogens with zero attached hydrogens (tertiary/aromatic N) is 5. The number of rotatable bonds is 6. The number of carbonyl (C=O) groups is 1. The monoisotopic (exact) mass is 436 g/mol. The summed E-state index contributed by atoms with van der Waals surface area (Å²) < 4.78 is 28.0. The number of carbonyl (C=O) groups excluding carboxylic acids is 1. The number of fused-ring (bicyclic) bond motifs is 3. The van der Waals surface area contributed by atoms with Crippen molar-refractivity contribution < 1.29 is 13.6 Å². The van der Waals surface area contributed by atoms with Gasteiger partial charge in [-0.05, 0) is 37.5 Å². The summed E-state index contributed by atoms with van der Waals surface area (Å²) in [6.45, 7) is 4.21. The van der Waals surface area contributed by atoms with Crippen LogP contribution in [0.15, 0.2) is 36.9 Å². The van der Waals surface area contributed by atoms with E-state index >= 15 is 0 Å². The Balaban J connectivity index is 1.53. The first-order valence-electron chi connectivity index (χ1n) is 10.6. The van der Waals surface area contributed by atoms with Crippen LogP contribution in [0, 0.1) is 12.8 Å². The second-order valence-electron chi connectivity index (χ2n) is 8.28. The van der Waals surface area contributed by atoms with Crippen molar-refractivity contribution in [3.8, 4) is 11.1 Å². The summed E-state index contributed by atoms with van der Waals surface area (Å²) in [6.07, 6.45) is 7.66. The van der Waals surface area contributed by atoms with Crippen LogP contribution in [0.1, 0.15) is 37.4 Å². The molecule has 0 radical (unpaired) electrons. The lowest BCUT2D eigenvalue weighted by Gasteiger charge is -2.12. The SMILES string of the molecule is CCCCc1cc(C)c(-c2cc3cnc(NC(=O)C4CC4(F)F)cc3n3ncnc23)cn1. The molecule has 0 saturated heterocycles. The Morgan fingerprint density at radius 2 is 2.00 bits per heavy atom. The van der Waals surface area contributed by atoms with Crippen molar-refractivity contribution in [3.05, 3.63) is 48.2 Å². The fourth-order valence-corrected chi connectivity index (χ4v) is 3.94. The van der Waals surface area contributed by atoms with E-state index in [1.807, 2.05) is 19.2 Å². The molecule has 0 spiro atoms. The molecule has 1 atom stereocenters. The van der Waals surface area contributed by atoms with Gasteiger partial charge in [0.05, 0.1) is 5.52 Å². The van der Waals surface area contributed by atoms with Gasteiger partial charge in [-0.1, -0.05) is 13.3 Å². The standard InChI is InChI=1S/C23H22F2N6O/c1-3-4-5-15-6-13(2)17(11-26-15)16-7-14-10-27-20(30-22(32)18-9-23(18,24)25)8-19(14)31-21(16)28-12-29-31/h6-8,10-12,18H,3-5,9H2,1-2H3,(H,27,30,32). The third kappa shape index (κ3) is 3.57. The number of hydrogen-bond acceptors (Lipinski definition) is 5. The first-order valence-corrected chi connectivity index (χ1v) is 10.6. The van der Waals surface area contributed by atoms with Crippen molar-refractivity contribution >= 4 is 28.3 Å². The highest BCUT2D eigenvalue weighted by atomic mass is 19.3. The van der Waals surface area contributed by atoms with Crippen molar-refractivity contribution in [1.29, 1.82) is 0 Å². The van der Waals surface area contributed by atoms with Crippen LogP contribution in [0.3, 0.4) is 0 Å². The third-order valence-electron chi connectivity index (χ3n) is 5.87. The number of nitrogens with one attached hydrogen (secondary N) is 1. The zero-order chi connectivity index (χ0) is 22.5. The molecule has 5 rings (SSSR count). The molecule has 1 N–H and O–H groups in total. The van der Waals surface area contributed by atoms with Crippen LogP contribution in [-0.2, 0) is 11.2 Å². The maximum absolute atomic E-state index is 13.2. The van der Waals surface area contributed by atoms with E-state index in [-0.39, 0.29) is 5.82 Å². The quantitative estimate of drug-likeness (QED) is 0.478. The maximum Gasteiger partial charge on any atom is 0.260 e. The molecule has 7 nitrogen and oxygen atoms in total. The predicted molar refractivity (Wildman–Crippen MR) is 117 cm³/mol. The third-order valence-corrected chi connectivity index (χ3v) is 5.87. The minimum absolute atomic E-state index is 0.202. The normalized spacial score (nSPS) is 17.1. The Morgan fingerprint density at radius 1 is 1.19 bits per heavy atom. The molecule has 1 aliphatic carbocycles. The summed E-state index contributed by atoms with van der Waals surface area (Å²) in [4.78, 5) is 25.3. The Morgan fingerprint density at radius 3 is 2.72 bits per heavy atom. The Hall–Kier alpha value is -3.49. The van der Waals surface area contributed by atoms with Gasteiger partial charge < -0.3 is 5.32 Å². The van der Waals surface area contributed by atoms with Gasteiger partial charge in [0.1, 0.15) is 18.1 Å². The molecule has 0 aromatic carbocycles. The molecule has 4 aromatic rings. The van der Waals surface area contributed by atoms with E-state index in [1.165, 1.54) is 6.33 Å². The number of halogens is 2. The van der Waals surface area contributed by atoms with Gasteiger partial charge in [-0.25, -0.2) is 23.3 Å². The molecule has 32 heavy (non-hydrogen) atoms. The van der Waals surface area contributed by atoms with Crippen molar-refractivity contribution in [2.75, 3.05) is 5.32 Å². The molecule has 1 fully saturated rings. The number of amides is 1. The smallest absolute Gasteiger partial charge is 0.260 e. The fraction of sp³-hybridized carbons (Fsp3) is 0.348. The van der Waals surface area contributed by atoms with Gasteiger partial charge in [0, 0.05) is 47.1 Å². The van der Waals surface area contributed by atoms with Crippen LogP contribution in [0.2, 0.25) is 0 Å². The highest BCUT2D eigenvalue weighted by Gasteiger charge is 2.61. The highest BCUT2D eigenvalue weighted by Crippen LogP contribution is 2.49. The van der Waals surface area contributed by atoms with Crippen LogP contribution in [0.5, 0.6) is 0 Å². The van der Waals surface area contributed by atoms with E-state index in [9.17, 15) is 13.6 Å². The van der Waals surface area contributed by atoms with E-state index < -0.39 is 24.2 Å². The molecule has 1 saturated carbocycles. The van der Waals surface area contributed by atoms with E-state index in [0.29, 0.717) is 11.2 Å². The molecule has 0 bridgehead atoms. The van der Waals surface area contributed by atoms with Gasteiger partial charge >= 0.3 is 0 Å². The van der Waals surface area contributed by atoms with E-state index in [4.69, 9.17) is 0 Å². The minimum Gasteiger partial charge on any atom is -0.310 e. The van der Waals surface area contributed by atoms with Crippen molar-refractivity contribution in [2.24, 2.45) is 5.92 Å². The van der Waals surface area contributed by atoms with Gasteiger partial charge in [-0.15, -0.1) is 0 Å². The number of pyridine rings is 3. The number of aryl methyl sites for hydroxylation is 2. The summed E-state index contributed by atoms with van der Waals surface area (Å²) in [5.74, 6) is -4.73. The predicted octanol–water partition coefficient (Wildman–Crippen LogP) is 4.58. The topological polar surface area (TPSA) is 85.1 Å². The number of aromatic nitrogens is 5. The number of anilines is 1. The van der Waals surface area contributed by atoms with E-state index in [0.717, 1.165) is 47.0 Å². The van der Waals surface area contributed by atoms with Crippen LogP contribution in [-0.4, -0.2) is 36.4 Å². The summed E-state index contributed by atoms with van der Waals surface area (Å²) in [6, 6.07) is 5.69. The molecule has 1 unspecified atom stereocenters. The number of alkyl halides is 2. The van der Waals surface area contributed by atoms with Crippen molar-refractivity contribution in [3.63, 3.8) is 0 Å². The van der Waals surface area contributed by atoms with Gasteiger partial charge in [0.25, 0.3) is 5.92 Å². The first-order chi connectivity index (χ1) is 15.4. The molecule has 0 aliphatic heterocycles. The largest absolute Gasteiger partial charge is 0.310 e. The maximum atomic E-state index is 13.2. The average Bonchev–Trinajstić information content (AvgIpc) is 3.17. The van der Waals surface area contributed by atoms with E-state index in [2.05, 4.69) is 38.4 Å². The van der Waals surface area contributed by atoms with Crippen molar-refractivity contribution in [2.45, 2.75) is 45.5 Å². The zero-order valence-corrected chi connectivity index (χ0v) is 17.8.